The molecule has 0 radical (unpaired) electrons. The van der Waals surface area contributed by atoms with Crippen molar-refractivity contribution in [3.8, 4) is 0 Å². The summed E-state index contributed by atoms with van der Waals surface area (Å²) in [5.41, 5.74) is 2.10. The second kappa shape index (κ2) is 7.40. The molecule has 0 fully saturated rings. The minimum atomic E-state index is -0.906. The number of hydrogen-bond acceptors (Lipinski definition) is 3. The minimum Gasteiger partial charge on any atom is -0.478 e. The van der Waals surface area contributed by atoms with Crippen LogP contribution in [-0.4, -0.2) is 45.2 Å². The van der Waals surface area contributed by atoms with Crippen LogP contribution < -0.4 is 0 Å². The summed E-state index contributed by atoms with van der Waals surface area (Å²) < 4.78 is 2.23. The number of imidazole rings is 1. The van der Waals surface area contributed by atoms with Crippen molar-refractivity contribution in [3.05, 3.63) is 29.6 Å². The highest BCUT2D eigenvalue weighted by molar-refractivity contribution is 5.92. The first-order chi connectivity index (χ1) is 10.6. The largest absolute Gasteiger partial charge is 0.478 e. The normalized spacial score (nSPS) is 11.5. The van der Waals surface area contributed by atoms with Crippen molar-refractivity contribution < 1.29 is 9.90 Å². The molecule has 120 valence electrons. The summed E-state index contributed by atoms with van der Waals surface area (Å²) in [5.74, 6) is 0.119. The molecule has 22 heavy (non-hydrogen) atoms. The van der Waals surface area contributed by atoms with E-state index in [0.717, 1.165) is 55.9 Å². The zero-order valence-electron chi connectivity index (χ0n) is 13.7. The van der Waals surface area contributed by atoms with Crippen LogP contribution in [0.25, 0.3) is 11.0 Å². The number of carbonyl (C=O) groups is 1. The highest BCUT2D eigenvalue weighted by atomic mass is 16.4. The maximum absolute atomic E-state index is 11.1. The van der Waals surface area contributed by atoms with Gasteiger partial charge in [-0.2, -0.15) is 0 Å². The van der Waals surface area contributed by atoms with Gasteiger partial charge in [0.2, 0.25) is 0 Å². The maximum Gasteiger partial charge on any atom is 0.335 e. The lowest BCUT2D eigenvalue weighted by molar-refractivity contribution is 0.0697. The zero-order chi connectivity index (χ0) is 16.1. The van der Waals surface area contributed by atoms with Crippen molar-refractivity contribution in [3.63, 3.8) is 0 Å². The molecule has 1 N–H and O–H groups in total. The molecule has 0 aliphatic carbocycles. The SMILES string of the molecule is CCc1nc2cc(C(=O)O)ccc2n1CCCN(CC)CC. The number of carboxylic acids is 1. The molecule has 5 nitrogen and oxygen atoms in total. The van der Waals surface area contributed by atoms with Crippen LogP contribution in [-0.2, 0) is 13.0 Å². The van der Waals surface area contributed by atoms with Crippen LogP contribution in [0, 0.1) is 0 Å². The van der Waals surface area contributed by atoms with Crippen molar-refractivity contribution in [2.24, 2.45) is 0 Å². The van der Waals surface area contributed by atoms with Crippen LogP contribution in [0.2, 0.25) is 0 Å². The first kappa shape index (κ1) is 16.5. The highest BCUT2D eigenvalue weighted by Gasteiger charge is 2.12. The van der Waals surface area contributed by atoms with E-state index in [0.29, 0.717) is 5.56 Å². The molecule has 0 aliphatic heterocycles. The number of hydrogen-bond donors (Lipinski definition) is 1. The first-order valence-corrected chi connectivity index (χ1v) is 8.05. The molecule has 0 unspecified atom stereocenters. The van der Waals surface area contributed by atoms with Gasteiger partial charge in [-0.3, -0.25) is 0 Å². The van der Waals surface area contributed by atoms with E-state index < -0.39 is 5.97 Å². The molecule has 0 amide bonds. The smallest absolute Gasteiger partial charge is 0.335 e. The summed E-state index contributed by atoms with van der Waals surface area (Å²) in [6.07, 6.45) is 1.92. The number of nitrogens with zero attached hydrogens (tertiary/aromatic N) is 3. The third kappa shape index (κ3) is 3.47. The molecule has 0 aliphatic rings. The summed E-state index contributed by atoms with van der Waals surface area (Å²) in [6, 6.07) is 5.20. The van der Waals surface area contributed by atoms with E-state index in [2.05, 4.69) is 35.2 Å². The molecular formula is C17H25N3O2. The van der Waals surface area contributed by atoms with Crippen LogP contribution in [0.4, 0.5) is 0 Å². The lowest BCUT2D eigenvalue weighted by Crippen LogP contribution is -2.25. The zero-order valence-corrected chi connectivity index (χ0v) is 13.7. The van der Waals surface area contributed by atoms with Gasteiger partial charge >= 0.3 is 5.97 Å². The molecule has 0 atom stereocenters. The van der Waals surface area contributed by atoms with Crippen molar-refractivity contribution in [2.45, 2.75) is 40.2 Å². The molecule has 1 aromatic heterocycles. The number of aromatic carboxylic acids is 1. The van der Waals surface area contributed by atoms with E-state index in [1.807, 2.05) is 6.07 Å². The van der Waals surface area contributed by atoms with Gasteiger partial charge in [0.25, 0.3) is 0 Å². The Morgan fingerprint density at radius 3 is 2.59 bits per heavy atom. The third-order valence-electron chi connectivity index (χ3n) is 4.14. The average molecular weight is 303 g/mol. The number of carboxylic acid groups (broad SMARTS) is 1. The van der Waals surface area contributed by atoms with E-state index in [1.54, 1.807) is 12.1 Å². The number of aromatic nitrogens is 2. The second-order valence-corrected chi connectivity index (χ2v) is 5.42. The molecule has 5 heteroatoms. The first-order valence-electron chi connectivity index (χ1n) is 8.05. The van der Waals surface area contributed by atoms with Gasteiger partial charge in [-0.25, -0.2) is 9.78 Å². The van der Waals surface area contributed by atoms with Gasteiger partial charge in [0.1, 0.15) is 5.82 Å². The van der Waals surface area contributed by atoms with Gasteiger partial charge in [0, 0.05) is 13.0 Å². The fourth-order valence-corrected chi connectivity index (χ4v) is 2.82. The molecule has 2 aromatic rings. The third-order valence-corrected chi connectivity index (χ3v) is 4.14. The summed E-state index contributed by atoms with van der Waals surface area (Å²) in [7, 11) is 0. The van der Waals surface area contributed by atoms with Crippen molar-refractivity contribution in [2.75, 3.05) is 19.6 Å². The molecule has 0 bridgehead atoms. The summed E-state index contributed by atoms with van der Waals surface area (Å²) >= 11 is 0. The predicted octanol–water partition coefficient (Wildman–Crippen LogP) is 3.03. The summed E-state index contributed by atoms with van der Waals surface area (Å²) in [4.78, 5) is 18.1. The molecule has 1 heterocycles. The lowest BCUT2D eigenvalue weighted by atomic mass is 10.2. The number of aryl methyl sites for hydroxylation is 2. The standard InChI is InChI=1S/C17H25N3O2/c1-4-16-18-14-12-13(17(21)22)8-9-15(14)20(16)11-7-10-19(5-2)6-3/h8-9,12H,4-7,10-11H2,1-3H3,(H,21,22). The van der Waals surface area contributed by atoms with Crippen LogP contribution in [0.1, 0.15) is 43.4 Å². The predicted molar refractivity (Wildman–Crippen MR) is 88.5 cm³/mol. The van der Waals surface area contributed by atoms with E-state index in [1.165, 1.54) is 0 Å². The van der Waals surface area contributed by atoms with Gasteiger partial charge in [-0.15, -0.1) is 0 Å². The Labute approximate surface area is 131 Å². The molecule has 0 saturated heterocycles. The van der Waals surface area contributed by atoms with Gasteiger partial charge in [0.05, 0.1) is 16.6 Å². The Morgan fingerprint density at radius 2 is 2.00 bits per heavy atom. The van der Waals surface area contributed by atoms with Crippen molar-refractivity contribution >= 4 is 17.0 Å². The van der Waals surface area contributed by atoms with E-state index in [9.17, 15) is 4.79 Å². The van der Waals surface area contributed by atoms with Crippen LogP contribution in [0.3, 0.4) is 0 Å². The number of benzene rings is 1. The quantitative estimate of drug-likeness (QED) is 0.814. The van der Waals surface area contributed by atoms with Crippen LogP contribution in [0.5, 0.6) is 0 Å². The van der Waals surface area contributed by atoms with Gasteiger partial charge in [0.15, 0.2) is 0 Å². The average Bonchev–Trinajstić information content (AvgIpc) is 2.88. The lowest BCUT2D eigenvalue weighted by Gasteiger charge is -2.18. The van der Waals surface area contributed by atoms with E-state index in [4.69, 9.17) is 5.11 Å². The second-order valence-electron chi connectivity index (χ2n) is 5.42. The van der Waals surface area contributed by atoms with Gasteiger partial charge < -0.3 is 14.6 Å². The molecular weight excluding hydrogens is 278 g/mol. The van der Waals surface area contributed by atoms with Crippen LogP contribution >= 0.6 is 0 Å². The van der Waals surface area contributed by atoms with E-state index >= 15 is 0 Å². The van der Waals surface area contributed by atoms with Crippen molar-refractivity contribution in [1.29, 1.82) is 0 Å². The number of rotatable bonds is 8. The molecule has 1 aromatic carbocycles. The Kier molecular flexibility index (Phi) is 5.55. The highest BCUT2D eigenvalue weighted by Crippen LogP contribution is 2.19. The van der Waals surface area contributed by atoms with Gasteiger partial charge in [-0.05, 0) is 44.3 Å². The summed E-state index contributed by atoms with van der Waals surface area (Å²) in [6.45, 7) is 10.6. The number of fused-ring (bicyclic) bond motifs is 1. The fraction of sp³-hybridized carbons (Fsp3) is 0.529. The Morgan fingerprint density at radius 1 is 1.27 bits per heavy atom. The molecule has 2 rings (SSSR count). The van der Waals surface area contributed by atoms with E-state index in [-0.39, 0.29) is 0 Å². The van der Waals surface area contributed by atoms with Crippen molar-refractivity contribution in [1.82, 2.24) is 14.5 Å². The fourth-order valence-electron chi connectivity index (χ4n) is 2.82. The maximum atomic E-state index is 11.1. The Bertz CT molecular complexity index is 645. The van der Waals surface area contributed by atoms with Gasteiger partial charge in [-0.1, -0.05) is 20.8 Å². The Hall–Kier alpha value is -1.88. The molecule has 0 saturated carbocycles. The molecule has 0 spiro atoms. The Balaban J connectivity index is 2.22. The minimum absolute atomic E-state index is 0.294. The van der Waals surface area contributed by atoms with Crippen LogP contribution in [0.15, 0.2) is 18.2 Å². The topological polar surface area (TPSA) is 58.4 Å². The monoisotopic (exact) mass is 303 g/mol. The summed E-state index contributed by atoms with van der Waals surface area (Å²) in [5, 5.41) is 9.09.